The molecule has 1 rings (SSSR count). The molecule has 0 aliphatic heterocycles. The van der Waals surface area contributed by atoms with Crippen LogP contribution in [0.2, 0.25) is 0 Å². The summed E-state index contributed by atoms with van der Waals surface area (Å²) in [7, 11) is -1.87. The van der Waals surface area contributed by atoms with Crippen molar-refractivity contribution in [3.05, 3.63) is 17.0 Å². The number of hydrogen-bond donors (Lipinski definition) is 2. The Hall–Kier alpha value is -0.470. The molecular weight excluding hydrogens is 308 g/mol. The van der Waals surface area contributed by atoms with Gasteiger partial charge in [0.2, 0.25) is 10.0 Å². The number of rotatable bonds is 10. The minimum atomic E-state index is -3.45. The van der Waals surface area contributed by atoms with Crippen LogP contribution in [0.5, 0.6) is 0 Å². The van der Waals surface area contributed by atoms with E-state index in [4.69, 9.17) is 4.74 Å². The lowest BCUT2D eigenvalue weighted by Crippen LogP contribution is -2.37. The van der Waals surface area contributed by atoms with Gasteiger partial charge in [0.15, 0.2) is 0 Å². The standard InChI is InChI=1S/C14H26N2O3S2/c1-5-12(10-19-4)16-21(17,18)14-7-6-13(20-14)8-9-15-11(2)3/h6-7,11-12,15-16H,5,8-10H2,1-4H3. The minimum Gasteiger partial charge on any atom is -0.383 e. The highest BCUT2D eigenvalue weighted by Crippen LogP contribution is 2.22. The fourth-order valence-corrected chi connectivity index (χ4v) is 4.51. The van der Waals surface area contributed by atoms with Crippen molar-refractivity contribution in [2.75, 3.05) is 20.3 Å². The maximum Gasteiger partial charge on any atom is 0.250 e. The second-order valence-electron chi connectivity index (χ2n) is 5.26. The molecule has 1 heterocycles. The van der Waals surface area contributed by atoms with E-state index < -0.39 is 10.0 Å². The topological polar surface area (TPSA) is 67.4 Å². The molecule has 21 heavy (non-hydrogen) atoms. The van der Waals surface area contributed by atoms with Crippen LogP contribution in [-0.4, -0.2) is 40.8 Å². The van der Waals surface area contributed by atoms with Crippen molar-refractivity contribution >= 4 is 21.4 Å². The van der Waals surface area contributed by atoms with Crippen LogP contribution in [0.1, 0.15) is 32.1 Å². The summed E-state index contributed by atoms with van der Waals surface area (Å²) in [5.74, 6) is 0. The Kier molecular flexibility index (Phi) is 7.83. The van der Waals surface area contributed by atoms with Gasteiger partial charge in [-0.05, 0) is 25.0 Å². The van der Waals surface area contributed by atoms with Crippen molar-refractivity contribution < 1.29 is 13.2 Å². The Balaban J connectivity index is 2.65. The van der Waals surface area contributed by atoms with Gasteiger partial charge < -0.3 is 10.1 Å². The maximum atomic E-state index is 12.3. The van der Waals surface area contributed by atoms with Gasteiger partial charge in [0.05, 0.1) is 6.61 Å². The van der Waals surface area contributed by atoms with Crippen LogP contribution >= 0.6 is 11.3 Å². The highest BCUT2D eigenvalue weighted by Gasteiger charge is 2.20. The van der Waals surface area contributed by atoms with E-state index in [9.17, 15) is 8.42 Å². The number of nitrogens with one attached hydrogen (secondary N) is 2. The van der Waals surface area contributed by atoms with E-state index in [0.717, 1.165) is 17.8 Å². The van der Waals surface area contributed by atoms with Gasteiger partial charge >= 0.3 is 0 Å². The number of thiophene rings is 1. The van der Waals surface area contributed by atoms with Gasteiger partial charge in [-0.2, -0.15) is 0 Å². The van der Waals surface area contributed by atoms with Crippen LogP contribution in [0, 0.1) is 0 Å². The quantitative estimate of drug-likeness (QED) is 0.687. The van der Waals surface area contributed by atoms with Crippen LogP contribution in [0.15, 0.2) is 16.3 Å². The molecule has 0 spiro atoms. The summed E-state index contributed by atoms with van der Waals surface area (Å²) >= 11 is 1.33. The highest BCUT2D eigenvalue weighted by molar-refractivity contribution is 7.91. The molecule has 0 aliphatic rings. The van der Waals surface area contributed by atoms with Gasteiger partial charge in [-0.1, -0.05) is 20.8 Å². The fraction of sp³-hybridized carbons (Fsp3) is 0.714. The average Bonchev–Trinajstić information content (AvgIpc) is 2.87. The number of methoxy groups -OCH3 is 1. The zero-order valence-corrected chi connectivity index (χ0v) is 14.8. The first kappa shape index (κ1) is 18.6. The van der Waals surface area contributed by atoms with Crippen LogP contribution in [0.4, 0.5) is 0 Å². The molecule has 0 amide bonds. The van der Waals surface area contributed by atoms with Crippen molar-refractivity contribution in [3.63, 3.8) is 0 Å². The molecule has 0 saturated heterocycles. The third-order valence-corrected chi connectivity index (χ3v) is 6.17. The van der Waals surface area contributed by atoms with E-state index >= 15 is 0 Å². The van der Waals surface area contributed by atoms with Crippen molar-refractivity contribution in [2.45, 2.75) is 49.9 Å². The first-order chi connectivity index (χ1) is 9.89. The van der Waals surface area contributed by atoms with E-state index in [0.29, 0.717) is 23.3 Å². The SMILES string of the molecule is CCC(COC)NS(=O)(=O)c1ccc(CCNC(C)C)s1. The monoisotopic (exact) mass is 334 g/mol. The molecule has 2 N–H and O–H groups in total. The lowest BCUT2D eigenvalue weighted by Gasteiger charge is -2.15. The van der Waals surface area contributed by atoms with Crippen LogP contribution in [0.25, 0.3) is 0 Å². The second kappa shape index (κ2) is 8.85. The Labute approximate surface area is 132 Å². The van der Waals surface area contributed by atoms with Crippen molar-refractivity contribution in [3.8, 4) is 0 Å². The molecule has 0 aromatic carbocycles. The Morgan fingerprint density at radius 1 is 1.33 bits per heavy atom. The third kappa shape index (κ3) is 6.44. The van der Waals surface area contributed by atoms with E-state index in [1.54, 1.807) is 13.2 Å². The Morgan fingerprint density at radius 2 is 2.05 bits per heavy atom. The van der Waals surface area contributed by atoms with Gasteiger partial charge in [-0.25, -0.2) is 13.1 Å². The van der Waals surface area contributed by atoms with Crippen molar-refractivity contribution in [1.29, 1.82) is 0 Å². The van der Waals surface area contributed by atoms with E-state index in [2.05, 4.69) is 23.9 Å². The summed E-state index contributed by atoms with van der Waals surface area (Å²) in [6, 6.07) is 3.82. The predicted octanol–water partition coefficient (Wildman–Crippen LogP) is 1.99. The third-order valence-electron chi connectivity index (χ3n) is 3.01. The number of sulfonamides is 1. The molecular formula is C14H26N2O3S2. The van der Waals surface area contributed by atoms with Gasteiger partial charge in [0.25, 0.3) is 0 Å². The van der Waals surface area contributed by atoms with Crippen molar-refractivity contribution in [2.24, 2.45) is 0 Å². The summed E-state index contributed by atoms with van der Waals surface area (Å²) in [5.41, 5.74) is 0. The van der Waals surface area contributed by atoms with Crippen molar-refractivity contribution in [1.82, 2.24) is 10.0 Å². The molecule has 0 bridgehead atoms. The lowest BCUT2D eigenvalue weighted by molar-refractivity contribution is 0.173. The van der Waals surface area contributed by atoms with E-state index in [1.807, 2.05) is 13.0 Å². The lowest BCUT2D eigenvalue weighted by atomic mass is 10.3. The largest absolute Gasteiger partial charge is 0.383 e. The minimum absolute atomic E-state index is 0.187. The van der Waals surface area contributed by atoms with Crippen LogP contribution in [0.3, 0.4) is 0 Å². The molecule has 1 atom stereocenters. The summed E-state index contributed by atoms with van der Waals surface area (Å²) in [4.78, 5) is 1.07. The predicted molar refractivity (Wildman–Crippen MR) is 87.4 cm³/mol. The smallest absolute Gasteiger partial charge is 0.250 e. The highest BCUT2D eigenvalue weighted by atomic mass is 32.2. The van der Waals surface area contributed by atoms with Gasteiger partial charge in [-0.3, -0.25) is 0 Å². The number of ether oxygens (including phenoxy) is 1. The van der Waals surface area contributed by atoms with Gasteiger partial charge in [0, 0.05) is 30.6 Å². The zero-order chi connectivity index (χ0) is 15.9. The van der Waals surface area contributed by atoms with E-state index in [1.165, 1.54) is 11.3 Å². The van der Waals surface area contributed by atoms with Gasteiger partial charge in [0.1, 0.15) is 4.21 Å². The zero-order valence-electron chi connectivity index (χ0n) is 13.2. The molecule has 1 aromatic heterocycles. The molecule has 122 valence electrons. The molecule has 0 fully saturated rings. The maximum absolute atomic E-state index is 12.3. The summed E-state index contributed by atoms with van der Waals surface area (Å²) in [5, 5.41) is 3.33. The Morgan fingerprint density at radius 3 is 2.62 bits per heavy atom. The molecule has 0 aliphatic carbocycles. The van der Waals surface area contributed by atoms with Crippen LogP contribution < -0.4 is 10.0 Å². The van der Waals surface area contributed by atoms with Crippen LogP contribution in [-0.2, 0) is 21.2 Å². The molecule has 0 saturated carbocycles. The van der Waals surface area contributed by atoms with Gasteiger partial charge in [-0.15, -0.1) is 11.3 Å². The normalized spacial score (nSPS) is 13.8. The molecule has 7 heteroatoms. The molecule has 1 aromatic rings. The molecule has 0 radical (unpaired) electrons. The summed E-state index contributed by atoms with van der Waals surface area (Å²) in [6.45, 7) is 7.35. The first-order valence-corrected chi connectivity index (χ1v) is 9.52. The average molecular weight is 335 g/mol. The second-order valence-corrected chi connectivity index (χ2v) is 8.37. The Bertz CT molecular complexity index is 512. The molecule has 5 nitrogen and oxygen atoms in total. The molecule has 1 unspecified atom stereocenters. The summed E-state index contributed by atoms with van der Waals surface area (Å²) < 4.78 is 32.7. The summed E-state index contributed by atoms with van der Waals surface area (Å²) in [6.07, 6.45) is 1.54. The number of hydrogen-bond acceptors (Lipinski definition) is 5. The fourth-order valence-electron chi connectivity index (χ4n) is 1.83. The first-order valence-electron chi connectivity index (χ1n) is 7.22. The van der Waals surface area contributed by atoms with E-state index in [-0.39, 0.29) is 6.04 Å².